The summed E-state index contributed by atoms with van der Waals surface area (Å²) in [6, 6.07) is 7.03. The number of aliphatic hydroxyl groups excluding tert-OH is 1. The van der Waals surface area contributed by atoms with Crippen LogP contribution < -0.4 is 5.73 Å². The fourth-order valence-corrected chi connectivity index (χ4v) is 2.86. The van der Waals surface area contributed by atoms with Crippen molar-refractivity contribution in [2.45, 2.75) is 12.8 Å². The summed E-state index contributed by atoms with van der Waals surface area (Å²) in [7, 11) is 0. The monoisotopic (exact) mass is 314 g/mol. The molecule has 6 nitrogen and oxygen atoms in total. The quantitative estimate of drug-likeness (QED) is 0.831. The number of anilines is 1. The van der Waals surface area contributed by atoms with Crippen LogP contribution in [0.5, 0.6) is 0 Å². The molecule has 0 radical (unpaired) electrons. The summed E-state index contributed by atoms with van der Waals surface area (Å²) < 4.78 is 0. The average Bonchev–Trinajstić information content (AvgIpc) is 2.58. The van der Waals surface area contributed by atoms with Crippen molar-refractivity contribution in [2.24, 2.45) is 4.99 Å². The highest BCUT2D eigenvalue weighted by molar-refractivity contribution is 5.94. The Morgan fingerprint density at radius 2 is 1.87 bits per heavy atom. The van der Waals surface area contributed by atoms with Gasteiger partial charge >= 0.3 is 0 Å². The van der Waals surface area contributed by atoms with Gasteiger partial charge in [0.1, 0.15) is 5.76 Å². The predicted molar refractivity (Wildman–Crippen MR) is 90.6 cm³/mol. The Balaban J connectivity index is 1.55. The summed E-state index contributed by atoms with van der Waals surface area (Å²) >= 11 is 0. The number of aliphatic hydroxyl groups is 1. The summed E-state index contributed by atoms with van der Waals surface area (Å²) in [5.74, 6) is 0.440. The second-order valence-corrected chi connectivity index (χ2v) is 5.93. The van der Waals surface area contributed by atoms with E-state index in [1.165, 1.54) is 0 Å². The maximum Gasteiger partial charge on any atom is 0.253 e. The smallest absolute Gasteiger partial charge is 0.253 e. The molecule has 1 aromatic rings. The number of nitrogens with two attached hydrogens (primary N) is 1. The maximum absolute atomic E-state index is 12.5. The molecule has 1 saturated heterocycles. The van der Waals surface area contributed by atoms with E-state index in [0.29, 0.717) is 43.1 Å². The summed E-state index contributed by atoms with van der Waals surface area (Å²) in [5, 5.41) is 9.88. The third kappa shape index (κ3) is 3.71. The van der Waals surface area contributed by atoms with Crippen LogP contribution in [-0.4, -0.2) is 59.8 Å². The van der Waals surface area contributed by atoms with Gasteiger partial charge in [0.25, 0.3) is 5.91 Å². The van der Waals surface area contributed by atoms with Gasteiger partial charge in [-0.3, -0.25) is 14.7 Å². The first-order valence-electron chi connectivity index (χ1n) is 7.94. The van der Waals surface area contributed by atoms with Gasteiger partial charge in [-0.05, 0) is 30.7 Å². The number of allylic oxidation sites excluding steroid dienone is 1. The average molecular weight is 314 g/mol. The van der Waals surface area contributed by atoms with Crippen LogP contribution in [0.2, 0.25) is 0 Å². The number of carbonyl (C=O) groups is 1. The van der Waals surface area contributed by atoms with E-state index in [0.717, 1.165) is 25.2 Å². The summed E-state index contributed by atoms with van der Waals surface area (Å²) in [6.45, 7) is 3.58. The van der Waals surface area contributed by atoms with Crippen molar-refractivity contribution in [1.82, 2.24) is 9.80 Å². The van der Waals surface area contributed by atoms with Crippen LogP contribution in [-0.2, 0) is 0 Å². The van der Waals surface area contributed by atoms with Gasteiger partial charge < -0.3 is 15.7 Å². The molecule has 3 rings (SSSR count). The number of nitrogen functional groups attached to an aromatic ring is 1. The number of benzene rings is 1. The van der Waals surface area contributed by atoms with E-state index in [9.17, 15) is 9.90 Å². The number of piperazine rings is 1. The first kappa shape index (κ1) is 15.6. The molecule has 0 saturated carbocycles. The van der Waals surface area contributed by atoms with Gasteiger partial charge in [0.05, 0.1) is 5.70 Å². The summed E-state index contributed by atoms with van der Waals surface area (Å²) in [5.41, 5.74) is 7.75. The topological polar surface area (TPSA) is 82.2 Å². The predicted octanol–water partition coefficient (Wildman–Crippen LogP) is 1.66. The molecule has 1 aromatic carbocycles. The molecule has 0 spiro atoms. The lowest BCUT2D eigenvalue weighted by molar-refractivity contribution is 0.0646. The molecule has 0 unspecified atom stereocenters. The van der Waals surface area contributed by atoms with E-state index in [1.54, 1.807) is 24.3 Å². The minimum Gasteiger partial charge on any atom is -0.510 e. The molecule has 23 heavy (non-hydrogen) atoms. The summed E-state index contributed by atoms with van der Waals surface area (Å²) in [6.07, 6.45) is 3.34. The third-order valence-electron chi connectivity index (χ3n) is 4.28. The Bertz CT molecular complexity index is 628. The third-order valence-corrected chi connectivity index (χ3v) is 4.28. The van der Waals surface area contributed by atoms with Crippen molar-refractivity contribution >= 4 is 17.8 Å². The second kappa shape index (κ2) is 6.83. The molecule has 122 valence electrons. The van der Waals surface area contributed by atoms with Crippen LogP contribution in [0.4, 0.5) is 5.69 Å². The Hall–Kier alpha value is -2.34. The van der Waals surface area contributed by atoms with Crippen LogP contribution in [0.15, 0.2) is 40.7 Å². The van der Waals surface area contributed by atoms with Gasteiger partial charge in [-0.1, -0.05) is 0 Å². The number of rotatable bonds is 3. The minimum absolute atomic E-state index is 0.0439. The zero-order valence-electron chi connectivity index (χ0n) is 13.1. The number of hydrogen-bond donors (Lipinski definition) is 2. The molecule has 2 heterocycles. The lowest BCUT2D eigenvalue weighted by Gasteiger charge is -2.35. The van der Waals surface area contributed by atoms with Gasteiger partial charge in [-0.15, -0.1) is 0 Å². The van der Waals surface area contributed by atoms with E-state index in [1.807, 2.05) is 11.1 Å². The van der Waals surface area contributed by atoms with E-state index in [4.69, 9.17) is 5.73 Å². The van der Waals surface area contributed by atoms with Crippen molar-refractivity contribution in [3.63, 3.8) is 0 Å². The van der Waals surface area contributed by atoms with E-state index >= 15 is 0 Å². The molecular formula is C17H22N4O2. The van der Waals surface area contributed by atoms with Gasteiger partial charge in [0.15, 0.2) is 0 Å². The number of aliphatic imine (C=N–C) groups is 1. The highest BCUT2D eigenvalue weighted by Gasteiger charge is 2.23. The maximum atomic E-state index is 12.5. The molecule has 0 atom stereocenters. The lowest BCUT2D eigenvalue weighted by Crippen LogP contribution is -2.49. The molecule has 6 heteroatoms. The van der Waals surface area contributed by atoms with Gasteiger partial charge in [0.2, 0.25) is 0 Å². The van der Waals surface area contributed by atoms with Gasteiger partial charge in [-0.2, -0.15) is 0 Å². The van der Waals surface area contributed by atoms with E-state index < -0.39 is 0 Å². The first-order valence-corrected chi connectivity index (χ1v) is 7.94. The number of amides is 1. The van der Waals surface area contributed by atoms with Crippen LogP contribution in [0.3, 0.4) is 0 Å². The second-order valence-electron chi connectivity index (χ2n) is 5.93. The van der Waals surface area contributed by atoms with Crippen LogP contribution in [0.25, 0.3) is 0 Å². The fraction of sp³-hybridized carbons (Fsp3) is 0.412. The Kier molecular flexibility index (Phi) is 4.62. The van der Waals surface area contributed by atoms with E-state index in [2.05, 4.69) is 9.89 Å². The van der Waals surface area contributed by atoms with Crippen LogP contribution in [0.1, 0.15) is 23.2 Å². The SMILES string of the molecule is Nc1ccc(C(=O)N2CCN(CC3=C(O)CCC=N3)CC2)cc1. The molecule has 1 amide bonds. The molecule has 1 fully saturated rings. The summed E-state index contributed by atoms with van der Waals surface area (Å²) in [4.78, 5) is 20.8. The molecule has 2 aliphatic heterocycles. The van der Waals surface area contributed by atoms with Crippen LogP contribution >= 0.6 is 0 Å². The van der Waals surface area contributed by atoms with Crippen molar-refractivity contribution in [2.75, 3.05) is 38.5 Å². The molecule has 0 aromatic heterocycles. The minimum atomic E-state index is 0.0439. The zero-order chi connectivity index (χ0) is 16.2. The standard InChI is InChI=1S/C17H22N4O2/c18-14-5-3-13(4-6-14)17(23)21-10-8-20(9-11-21)12-15-16(22)2-1-7-19-15/h3-7,22H,1-2,8-12,18H2. The van der Waals surface area contributed by atoms with Crippen molar-refractivity contribution in [1.29, 1.82) is 0 Å². The van der Waals surface area contributed by atoms with Crippen LogP contribution in [0, 0.1) is 0 Å². The highest BCUT2D eigenvalue weighted by atomic mass is 16.3. The number of nitrogens with zero attached hydrogens (tertiary/aromatic N) is 3. The molecule has 0 aliphatic carbocycles. The largest absolute Gasteiger partial charge is 0.510 e. The molecule has 2 aliphatic rings. The highest BCUT2D eigenvalue weighted by Crippen LogP contribution is 2.17. The Labute approximate surface area is 135 Å². The fourth-order valence-electron chi connectivity index (χ4n) is 2.86. The lowest BCUT2D eigenvalue weighted by atomic mass is 10.1. The molecule has 3 N–H and O–H groups in total. The van der Waals surface area contributed by atoms with E-state index in [-0.39, 0.29) is 5.91 Å². The number of carbonyl (C=O) groups excluding carboxylic acids is 1. The van der Waals surface area contributed by atoms with Crippen molar-refractivity contribution in [3.8, 4) is 0 Å². The molecule has 0 bridgehead atoms. The number of hydrogen-bond acceptors (Lipinski definition) is 5. The zero-order valence-corrected chi connectivity index (χ0v) is 13.1. The first-order chi connectivity index (χ1) is 11.1. The van der Waals surface area contributed by atoms with Gasteiger partial charge in [-0.25, -0.2) is 0 Å². The van der Waals surface area contributed by atoms with Crippen molar-refractivity contribution in [3.05, 3.63) is 41.3 Å². The molecular weight excluding hydrogens is 292 g/mol. The van der Waals surface area contributed by atoms with Crippen molar-refractivity contribution < 1.29 is 9.90 Å². The normalized spacial score (nSPS) is 19.2. The Morgan fingerprint density at radius 1 is 1.17 bits per heavy atom. The Morgan fingerprint density at radius 3 is 2.52 bits per heavy atom. The van der Waals surface area contributed by atoms with Gasteiger partial charge in [0, 0.05) is 56.6 Å².